The van der Waals surface area contributed by atoms with Crippen molar-refractivity contribution in [3.8, 4) is 5.75 Å². The number of rotatable bonds is 1. The summed E-state index contributed by atoms with van der Waals surface area (Å²) in [6.07, 6.45) is 5.98. The van der Waals surface area contributed by atoms with E-state index in [9.17, 15) is 9.90 Å². The largest absolute Gasteiger partial charge is 0.507 e. The van der Waals surface area contributed by atoms with E-state index >= 15 is 0 Å². The van der Waals surface area contributed by atoms with Gasteiger partial charge in [0.2, 0.25) is 0 Å². The number of benzene rings is 1. The minimum atomic E-state index is 0.0119. The van der Waals surface area contributed by atoms with Crippen molar-refractivity contribution in [2.24, 2.45) is 5.92 Å². The molecule has 102 valence electrons. The van der Waals surface area contributed by atoms with Crippen molar-refractivity contribution in [2.45, 2.75) is 45.1 Å². The van der Waals surface area contributed by atoms with Crippen LogP contribution in [0.4, 0.5) is 0 Å². The van der Waals surface area contributed by atoms with Gasteiger partial charge in [0.1, 0.15) is 5.75 Å². The van der Waals surface area contributed by atoms with E-state index < -0.39 is 0 Å². The third-order valence-electron chi connectivity index (χ3n) is 4.72. The zero-order valence-electron chi connectivity index (χ0n) is 11.4. The van der Waals surface area contributed by atoms with E-state index in [1.807, 2.05) is 24.0 Å². The fourth-order valence-corrected chi connectivity index (χ4v) is 3.69. The van der Waals surface area contributed by atoms with Crippen molar-refractivity contribution >= 4 is 5.91 Å². The van der Waals surface area contributed by atoms with E-state index in [1.54, 1.807) is 6.07 Å². The molecule has 1 aromatic carbocycles. The second-order valence-electron chi connectivity index (χ2n) is 5.87. The van der Waals surface area contributed by atoms with Crippen LogP contribution in [0.5, 0.6) is 5.75 Å². The molecule has 2 fully saturated rings. The van der Waals surface area contributed by atoms with Crippen molar-refractivity contribution in [1.82, 2.24) is 4.90 Å². The summed E-state index contributed by atoms with van der Waals surface area (Å²) < 4.78 is 0. The van der Waals surface area contributed by atoms with Gasteiger partial charge in [-0.2, -0.15) is 0 Å². The minimum absolute atomic E-state index is 0.0119. The molecule has 1 aliphatic heterocycles. The van der Waals surface area contributed by atoms with Gasteiger partial charge in [-0.1, -0.05) is 18.6 Å². The van der Waals surface area contributed by atoms with Gasteiger partial charge in [-0.15, -0.1) is 0 Å². The van der Waals surface area contributed by atoms with E-state index in [1.165, 1.54) is 19.3 Å². The van der Waals surface area contributed by atoms with Crippen LogP contribution in [-0.2, 0) is 0 Å². The van der Waals surface area contributed by atoms with Gasteiger partial charge in [0.25, 0.3) is 5.91 Å². The average Bonchev–Trinajstić information content (AvgIpc) is 2.89. The summed E-state index contributed by atoms with van der Waals surface area (Å²) in [7, 11) is 0. The molecular weight excluding hydrogens is 238 g/mol. The normalized spacial score (nSPS) is 26.3. The first-order valence-electron chi connectivity index (χ1n) is 7.28. The molecule has 19 heavy (non-hydrogen) atoms. The van der Waals surface area contributed by atoms with Crippen LogP contribution in [0.3, 0.4) is 0 Å². The molecule has 1 saturated heterocycles. The van der Waals surface area contributed by atoms with Crippen LogP contribution in [0, 0.1) is 12.8 Å². The average molecular weight is 259 g/mol. The molecule has 1 aromatic rings. The Morgan fingerprint density at radius 1 is 1.26 bits per heavy atom. The molecule has 0 aromatic heterocycles. The maximum Gasteiger partial charge on any atom is 0.257 e. The summed E-state index contributed by atoms with van der Waals surface area (Å²) in [5.74, 6) is 0.843. The predicted octanol–water partition coefficient (Wildman–Crippen LogP) is 3.11. The lowest BCUT2D eigenvalue weighted by molar-refractivity contribution is 0.0545. The standard InChI is InChI=1S/C16H21NO2/c1-11-5-2-8-13(15(11)18)16(19)17-10-4-7-12-6-3-9-14(12)17/h2,5,8,12,14,18H,3-4,6-7,9-10H2,1H3. The van der Waals surface area contributed by atoms with Crippen LogP contribution < -0.4 is 0 Å². The second kappa shape index (κ2) is 4.87. The highest BCUT2D eigenvalue weighted by molar-refractivity contribution is 5.97. The molecule has 1 amide bonds. The monoisotopic (exact) mass is 259 g/mol. The summed E-state index contributed by atoms with van der Waals surface area (Å²) in [5, 5.41) is 10.1. The van der Waals surface area contributed by atoms with Crippen LogP contribution in [0.15, 0.2) is 18.2 Å². The van der Waals surface area contributed by atoms with Gasteiger partial charge in [-0.05, 0) is 50.2 Å². The molecular formula is C16H21NO2. The zero-order chi connectivity index (χ0) is 13.4. The summed E-state index contributed by atoms with van der Waals surface area (Å²) in [6, 6.07) is 5.82. The number of phenols is 1. The van der Waals surface area contributed by atoms with Crippen LogP contribution in [0.1, 0.15) is 48.0 Å². The zero-order valence-corrected chi connectivity index (χ0v) is 11.4. The fourth-order valence-electron chi connectivity index (χ4n) is 3.69. The Balaban J connectivity index is 1.88. The van der Waals surface area contributed by atoms with Crippen molar-refractivity contribution in [3.63, 3.8) is 0 Å². The number of phenolic OH excluding ortho intramolecular Hbond substituents is 1. The Kier molecular flexibility index (Phi) is 3.21. The van der Waals surface area contributed by atoms with Gasteiger partial charge in [0.05, 0.1) is 5.56 Å². The molecule has 2 atom stereocenters. The number of carbonyl (C=O) groups excluding carboxylic acids is 1. The highest BCUT2D eigenvalue weighted by Crippen LogP contribution is 2.38. The molecule has 0 radical (unpaired) electrons. The number of hydrogen-bond donors (Lipinski definition) is 1. The summed E-state index contributed by atoms with van der Waals surface area (Å²) in [5.41, 5.74) is 1.23. The van der Waals surface area contributed by atoms with Crippen molar-refractivity contribution in [2.75, 3.05) is 6.54 Å². The quantitative estimate of drug-likeness (QED) is 0.842. The lowest BCUT2D eigenvalue weighted by atomic mass is 9.91. The van der Waals surface area contributed by atoms with E-state index in [2.05, 4.69) is 0 Å². The number of hydrogen-bond acceptors (Lipinski definition) is 2. The number of aryl methyl sites for hydroxylation is 1. The number of fused-ring (bicyclic) bond motifs is 1. The minimum Gasteiger partial charge on any atom is -0.507 e. The molecule has 2 aliphatic rings. The van der Waals surface area contributed by atoms with Gasteiger partial charge >= 0.3 is 0 Å². The van der Waals surface area contributed by atoms with E-state index in [0.717, 1.165) is 24.9 Å². The molecule has 0 bridgehead atoms. The van der Waals surface area contributed by atoms with E-state index in [0.29, 0.717) is 17.5 Å². The van der Waals surface area contributed by atoms with E-state index in [4.69, 9.17) is 0 Å². The van der Waals surface area contributed by atoms with E-state index in [-0.39, 0.29) is 11.7 Å². The first kappa shape index (κ1) is 12.5. The second-order valence-corrected chi connectivity index (χ2v) is 5.87. The maximum atomic E-state index is 12.7. The number of nitrogens with zero attached hydrogens (tertiary/aromatic N) is 1. The molecule has 1 aliphatic carbocycles. The number of aromatic hydroxyl groups is 1. The Hall–Kier alpha value is -1.51. The van der Waals surface area contributed by atoms with Crippen molar-refractivity contribution < 1.29 is 9.90 Å². The number of piperidine rings is 1. The lowest BCUT2D eigenvalue weighted by Gasteiger charge is -2.38. The van der Waals surface area contributed by atoms with Gasteiger partial charge in [-0.3, -0.25) is 4.79 Å². The molecule has 1 N–H and O–H groups in total. The third-order valence-corrected chi connectivity index (χ3v) is 4.72. The first-order chi connectivity index (χ1) is 9.18. The predicted molar refractivity (Wildman–Crippen MR) is 74.2 cm³/mol. The fraction of sp³-hybridized carbons (Fsp3) is 0.562. The van der Waals surface area contributed by atoms with Crippen LogP contribution in [-0.4, -0.2) is 28.5 Å². The third kappa shape index (κ3) is 2.11. The van der Waals surface area contributed by atoms with Crippen molar-refractivity contribution in [1.29, 1.82) is 0 Å². The number of likely N-dealkylation sites (tertiary alicyclic amines) is 1. The molecule has 1 heterocycles. The SMILES string of the molecule is Cc1cccc(C(=O)N2CCCC3CCCC32)c1O. The Labute approximate surface area is 114 Å². The number of carbonyl (C=O) groups is 1. The highest BCUT2D eigenvalue weighted by atomic mass is 16.3. The molecule has 0 spiro atoms. The van der Waals surface area contributed by atoms with Gasteiger partial charge < -0.3 is 10.0 Å². The number of amides is 1. The van der Waals surface area contributed by atoms with Crippen LogP contribution in [0.25, 0.3) is 0 Å². The smallest absolute Gasteiger partial charge is 0.257 e. The summed E-state index contributed by atoms with van der Waals surface area (Å²) in [4.78, 5) is 14.7. The Bertz CT molecular complexity index is 498. The molecule has 3 heteroatoms. The number of para-hydroxylation sites is 1. The maximum absolute atomic E-state index is 12.7. The topological polar surface area (TPSA) is 40.5 Å². The molecule has 2 unspecified atom stereocenters. The lowest BCUT2D eigenvalue weighted by Crippen LogP contribution is -2.46. The van der Waals surface area contributed by atoms with Crippen LogP contribution >= 0.6 is 0 Å². The van der Waals surface area contributed by atoms with Gasteiger partial charge in [-0.25, -0.2) is 0 Å². The van der Waals surface area contributed by atoms with Crippen molar-refractivity contribution in [3.05, 3.63) is 29.3 Å². The molecule has 3 nitrogen and oxygen atoms in total. The summed E-state index contributed by atoms with van der Waals surface area (Å²) in [6.45, 7) is 2.67. The van der Waals surface area contributed by atoms with Crippen LogP contribution in [0.2, 0.25) is 0 Å². The molecule has 1 saturated carbocycles. The highest BCUT2D eigenvalue weighted by Gasteiger charge is 2.38. The Morgan fingerprint density at radius 2 is 2.05 bits per heavy atom. The molecule has 3 rings (SSSR count). The Morgan fingerprint density at radius 3 is 2.89 bits per heavy atom. The van der Waals surface area contributed by atoms with Gasteiger partial charge in [0, 0.05) is 12.6 Å². The first-order valence-corrected chi connectivity index (χ1v) is 7.28. The van der Waals surface area contributed by atoms with Gasteiger partial charge in [0.15, 0.2) is 0 Å². The summed E-state index contributed by atoms with van der Waals surface area (Å²) >= 11 is 0.